The number of amides is 3. The summed E-state index contributed by atoms with van der Waals surface area (Å²) < 4.78 is 0. The zero-order valence-electron chi connectivity index (χ0n) is 15.9. The Balaban J connectivity index is 1.98. The second kappa shape index (κ2) is 10.5. The van der Waals surface area contributed by atoms with Gasteiger partial charge in [-0.2, -0.15) is 0 Å². The van der Waals surface area contributed by atoms with Gasteiger partial charge >= 0.3 is 0 Å². The van der Waals surface area contributed by atoms with Crippen molar-refractivity contribution < 1.29 is 14.4 Å². The Morgan fingerprint density at radius 3 is 2.18 bits per heavy atom. The van der Waals surface area contributed by atoms with E-state index in [-0.39, 0.29) is 24.3 Å². The summed E-state index contributed by atoms with van der Waals surface area (Å²) in [6, 6.07) is 14.7. The van der Waals surface area contributed by atoms with Gasteiger partial charge in [-0.1, -0.05) is 55.8 Å². The highest BCUT2D eigenvalue weighted by molar-refractivity contribution is 6.30. The number of rotatable bonds is 8. The summed E-state index contributed by atoms with van der Waals surface area (Å²) in [4.78, 5) is 36.9. The average Bonchev–Trinajstić information content (AvgIpc) is 2.66. The van der Waals surface area contributed by atoms with E-state index in [2.05, 4.69) is 16.0 Å². The van der Waals surface area contributed by atoms with Crippen molar-refractivity contribution in [2.45, 2.75) is 26.3 Å². The van der Waals surface area contributed by atoms with Crippen LogP contribution in [0.15, 0.2) is 54.6 Å². The Labute approximate surface area is 169 Å². The first kappa shape index (κ1) is 21.4. The molecule has 0 aromatic heterocycles. The molecule has 0 radical (unpaired) electrons. The molecule has 0 saturated carbocycles. The molecule has 0 heterocycles. The summed E-state index contributed by atoms with van der Waals surface area (Å²) in [5.74, 6) is -0.875. The van der Waals surface area contributed by atoms with Gasteiger partial charge in [0.25, 0.3) is 0 Å². The van der Waals surface area contributed by atoms with E-state index >= 15 is 0 Å². The zero-order chi connectivity index (χ0) is 20.5. The van der Waals surface area contributed by atoms with Crippen molar-refractivity contribution in [1.82, 2.24) is 10.6 Å². The molecule has 6 nitrogen and oxygen atoms in total. The monoisotopic (exact) mass is 401 g/mol. The van der Waals surface area contributed by atoms with E-state index in [0.29, 0.717) is 22.7 Å². The molecule has 3 N–H and O–H groups in total. The van der Waals surface area contributed by atoms with Gasteiger partial charge in [-0.3, -0.25) is 14.4 Å². The Hall–Kier alpha value is -2.86. The molecule has 28 heavy (non-hydrogen) atoms. The minimum absolute atomic E-state index is 0.171. The molecule has 0 aliphatic heterocycles. The van der Waals surface area contributed by atoms with Crippen molar-refractivity contribution >= 4 is 35.0 Å². The molecular weight excluding hydrogens is 378 g/mol. The normalized spacial score (nSPS) is 11.6. The molecule has 3 amide bonds. The maximum atomic E-state index is 12.6. The topological polar surface area (TPSA) is 87.3 Å². The molecule has 0 aliphatic rings. The predicted octanol–water partition coefficient (Wildman–Crippen LogP) is 3.30. The van der Waals surface area contributed by atoms with Crippen molar-refractivity contribution in [3.8, 4) is 0 Å². The minimum atomic E-state index is -0.865. The summed E-state index contributed by atoms with van der Waals surface area (Å²) in [7, 11) is 0. The van der Waals surface area contributed by atoms with Crippen molar-refractivity contribution in [2.75, 3.05) is 11.9 Å². The van der Waals surface area contributed by atoms with E-state index in [9.17, 15) is 14.4 Å². The third-order valence-corrected chi connectivity index (χ3v) is 4.10. The molecule has 148 valence electrons. The fourth-order valence-corrected chi connectivity index (χ4v) is 2.67. The standard InChI is InChI=1S/C21H24ClN3O3/c1-14(2)12-18(26)25-20(15-6-4-3-5-7-15)21(28)23-13-19(27)24-17-10-8-16(22)9-11-17/h3-11,14,20H,12-13H2,1-2H3,(H,23,28)(H,24,27)(H,25,26). The van der Waals surface area contributed by atoms with Crippen molar-refractivity contribution in [3.63, 3.8) is 0 Å². The predicted molar refractivity (Wildman–Crippen MR) is 110 cm³/mol. The molecule has 1 atom stereocenters. The van der Waals surface area contributed by atoms with Crippen LogP contribution in [0.2, 0.25) is 5.02 Å². The number of hydrogen-bond acceptors (Lipinski definition) is 3. The van der Waals surface area contributed by atoms with E-state index in [1.165, 1.54) is 0 Å². The molecule has 2 aromatic rings. The maximum Gasteiger partial charge on any atom is 0.247 e. The molecule has 0 bridgehead atoms. The number of carbonyl (C=O) groups excluding carboxylic acids is 3. The fourth-order valence-electron chi connectivity index (χ4n) is 2.54. The van der Waals surface area contributed by atoms with Crippen LogP contribution >= 0.6 is 11.6 Å². The Morgan fingerprint density at radius 1 is 0.929 bits per heavy atom. The van der Waals surface area contributed by atoms with E-state index < -0.39 is 11.9 Å². The zero-order valence-corrected chi connectivity index (χ0v) is 16.6. The number of carbonyl (C=O) groups is 3. The Kier molecular flexibility index (Phi) is 8.02. The molecule has 0 spiro atoms. The summed E-state index contributed by atoms with van der Waals surface area (Å²) in [5.41, 5.74) is 1.23. The molecule has 7 heteroatoms. The molecule has 0 saturated heterocycles. The highest BCUT2D eigenvalue weighted by Gasteiger charge is 2.23. The van der Waals surface area contributed by atoms with E-state index in [1.54, 1.807) is 48.5 Å². The molecule has 0 aliphatic carbocycles. The Bertz CT molecular complexity index is 807. The second-order valence-corrected chi connectivity index (χ2v) is 7.22. The van der Waals surface area contributed by atoms with Gasteiger partial charge in [-0.05, 0) is 35.7 Å². The first-order valence-corrected chi connectivity index (χ1v) is 9.40. The number of hydrogen-bond donors (Lipinski definition) is 3. The van der Waals surface area contributed by atoms with Gasteiger partial charge in [0.05, 0.1) is 6.54 Å². The lowest BCUT2D eigenvalue weighted by molar-refractivity contribution is -0.130. The van der Waals surface area contributed by atoms with Gasteiger partial charge in [0, 0.05) is 17.1 Å². The van der Waals surface area contributed by atoms with Crippen molar-refractivity contribution in [1.29, 1.82) is 0 Å². The molecule has 2 aromatic carbocycles. The number of nitrogens with one attached hydrogen (secondary N) is 3. The van der Waals surface area contributed by atoms with Crippen LogP contribution in [-0.4, -0.2) is 24.3 Å². The lowest BCUT2D eigenvalue weighted by Gasteiger charge is -2.19. The third-order valence-electron chi connectivity index (χ3n) is 3.85. The third kappa shape index (κ3) is 7.04. The molecular formula is C21H24ClN3O3. The number of anilines is 1. The summed E-state index contributed by atoms with van der Waals surface area (Å²) >= 11 is 5.81. The van der Waals surface area contributed by atoms with Crippen LogP contribution in [0.25, 0.3) is 0 Å². The SMILES string of the molecule is CC(C)CC(=O)NC(C(=O)NCC(=O)Nc1ccc(Cl)cc1)c1ccccc1. The Morgan fingerprint density at radius 2 is 1.57 bits per heavy atom. The molecule has 0 fully saturated rings. The summed E-state index contributed by atoms with van der Waals surface area (Å²) in [6.45, 7) is 3.64. The van der Waals surface area contributed by atoms with Gasteiger partial charge in [0.1, 0.15) is 6.04 Å². The smallest absolute Gasteiger partial charge is 0.247 e. The van der Waals surface area contributed by atoms with Crippen molar-refractivity contribution in [2.24, 2.45) is 5.92 Å². The first-order chi connectivity index (χ1) is 13.3. The number of halogens is 1. The maximum absolute atomic E-state index is 12.6. The van der Waals surface area contributed by atoms with Gasteiger partial charge in [-0.15, -0.1) is 0 Å². The van der Waals surface area contributed by atoms with E-state index in [4.69, 9.17) is 11.6 Å². The van der Waals surface area contributed by atoms with E-state index in [0.717, 1.165) is 0 Å². The van der Waals surface area contributed by atoms with E-state index in [1.807, 2.05) is 19.9 Å². The van der Waals surface area contributed by atoms with Gasteiger partial charge in [0.2, 0.25) is 17.7 Å². The van der Waals surface area contributed by atoms with Crippen LogP contribution in [0.5, 0.6) is 0 Å². The van der Waals surface area contributed by atoms with Crippen LogP contribution in [0, 0.1) is 5.92 Å². The number of benzene rings is 2. The fraction of sp³-hybridized carbons (Fsp3) is 0.286. The first-order valence-electron chi connectivity index (χ1n) is 9.02. The summed E-state index contributed by atoms with van der Waals surface area (Å²) in [6.07, 6.45) is 0.313. The van der Waals surface area contributed by atoms with Crippen LogP contribution in [0.1, 0.15) is 31.9 Å². The summed E-state index contributed by atoms with van der Waals surface area (Å²) in [5, 5.41) is 8.56. The average molecular weight is 402 g/mol. The van der Waals surface area contributed by atoms with Crippen LogP contribution in [0.4, 0.5) is 5.69 Å². The quantitative estimate of drug-likeness (QED) is 0.634. The molecule has 2 rings (SSSR count). The van der Waals surface area contributed by atoms with Crippen LogP contribution in [0.3, 0.4) is 0 Å². The van der Waals surface area contributed by atoms with Gasteiger partial charge in [0.15, 0.2) is 0 Å². The molecule has 1 unspecified atom stereocenters. The lowest BCUT2D eigenvalue weighted by atomic mass is 10.0. The highest BCUT2D eigenvalue weighted by Crippen LogP contribution is 2.15. The largest absolute Gasteiger partial charge is 0.345 e. The van der Waals surface area contributed by atoms with Crippen LogP contribution < -0.4 is 16.0 Å². The minimum Gasteiger partial charge on any atom is -0.345 e. The van der Waals surface area contributed by atoms with Crippen molar-refractivity contribution in [3.05, 3.63) is 65.2 Å². The van der Waals surface area contributed by atoms with Gasteiger partial charge < -0.3 is 16.0 Å². The highest BCUT2D eigenvalue weighted by atomic mass is 35.5. The second-order valence-electron chi connectivity index (χ2n) is 6.78. The van der Waals surface area contributed by atoms with Crippen LogP contribution in [-0.2, 0) is 14.4 Å². The van der Waals surface area contributed by atoms with Gasteiger partial charge in [-0.25, -0.2) is 0 Å². The lowest BCUT2D eigenvalue weighted by Crippen LogP contribution is -2.43.